The number of alkyl halides is 1. The van der Waals surface area contributed by atoms with Crippen LogP contribution in [0.5, 0.6) is 0 Å². The number of hydrogen-bond acceptors (Lipinski definition) is 0. The molecule has 0 heterocycles. The monoisotopic (exact) mass is 246 g/mol. The fourth-order valence-electron chi connectivity index (χ4n) is 1.89. The topological polar surface area (TPSA) is 0 Å². The zero-order valence-electron chi connectivity index (χ0n) is 9.14. The Labute approximate surface area is 103 Å². The van der Waals surface area contributed by atoms with Crippen molar-refractivity contribution in [1.82, 2.24) is 0 Å². The predicted molar refractivity (Wildman–Crippen MR) is 74.1 cm³/mol. The molecule has 0 aliphatic rings. The molecule has 0 fully saturated rings. The van der Waals surface area contributed by atoms with E-state index in [4.69, 9.17) is 11.6 Å². The second-order valence-electron chi connectivity index (χ2n) is 3.95. The Hall–Kier alpha value is -1.05. The summed E-state index contributed by atoms with van der Waals surface area (Å²) in [5, 5.41) is 1.46. The Balaban J connectivity index is 2.13. The zero-order chi connectivity index (χ0) is 11.2. The van der Waals surface area contributed by atoms with E-state index in [1.807, 2.05) is 0 Å². The van der Waals surface area contributed by atoms with Crippen molar-refractivity contribution in [2.75, 3.05) is 5.50 Å². The van der Waals surface area contributed by atoms with Gasteiger partial charge in [-0.15, -0.1) is 11.6 Å². The van der Waals surface area contributed by atoms with Gasteiger partial charge in [-0.1, -0.05) is 71.4 Å². The lowest BCUT2D eigenvalue weighted by Gasteiger charge is -2.12. The molecule has 0 amide bonds. The Morgan fingerprint density at radius 1 is 0.812 bits per heavy atom. The molecular formula is C14H15ClSi. The summed E-state index contributed by atoms with van der Waals surface area (Å²) in [5.74, 6) is 0. The fourth-order valence-corrected chi connectivity index (χ4v) is 4.88. The third-order valence-corrected chi connectivity index (χ3v) is 6.56. The lowest BCUT2D eigenvalue weighted by molar-refractivity contribution is 1.36. The first-order chi connectivity index (χ1) is 7.90. The van der Waals surface area contributed by atoms with Gasteiger partial charge in [-0.2, -0.15) is 0 Å². The van der Waals surface area contributed by atoms with Crippen LogP contribution in [0.4, 0.5) is 0 Å². The predicted octanol–water partition coefficient (Wildman–Crippen LogP) is 2.68. The van der Waals surface area contributed by atoms with Crippen LogP contribution < -0.4 is 5.19 Å². The van der Waals surface area contributed by atoms with Gasteiger partial charge in [0.15, 0.2) is 0 Å². The van der Waals surface area contributed by atoms with Gasteiger partial charge in [-0.3, -0.25) is 0 Å². The van der Waals surface area contributed by atoms with Crippen LogP contribution in [0.25, 0.3) is 0 Å². The van der Waals surface area contributed by atoms with Crippen molar-refractivity contribution in [1.29, 1.82) is 0 Å². The first-order valence-corrected chi connectivity index (χ1v) is 8.29. The summed E-state index contributed by atoms with van der Waals surface area (Å²) in [6.07, 6.45) is 0. The van der Waals surface area contributed by atoms with Crippen molar-refractivity contribution < 1.29 is 0 Å². The van der Waals surface area contributed by atoms with Crippen molar-refractivity contribution in [3.05, 3.63) is 66.2 Å². The quantitative estimate of drug-likeness (QED) is 0.575. The Morgan fingerprint density at radius 3 is 1.94 bits per heavy atom. The summed E-state index contributed by atoms with van der Waals surface area (Å²) >= 11 is 6.11. The Kier molecular flexibility index (Phi) is 4.20. The zero-order valence-corrected chi connectivity index (χ0v) is 11.1. The van der Waals surface area contributed by atoms with Crippen LogP contribution in [-0.4, -0.2) is 14.3 Å². The highest BCUT2D eigenvalue weighted by Crippen LogP contribution is 2.04. The van der Waals surface area contributed by atoms with Crippen LogP contribution in [0.3, 0.4) is 0 Å². The van der Waals surface area contributed by atoms with Crippen LogP contribution in [-0.2, 0) is 6.04 Å². The van der Waals surface area contributed by atoms with E-state index in [1.165, 1.54) is 10.8 Å². The number of halogens is 1. The molecule has 0 aliphatic carbocycles. The molecule has 0 nitrogen and oxygen atoms in total. The van der Waals surface area contributed by atoms with Crippen molar-refractivity contribution in [3.63, 3.8) is 0 Å². The fraction of sp³-hybridized carbons (Fsp3) is 0.143. The summed E-state index contributed by atoms with van der Waals surface area (Å²) in [6, 6.07) is 22.5. The molecular weight excluding hydrogens is 232 g/mol. The normalized spacial score (nSPS) is 12.3. The molecule has 1 atom stereocenters. The molecule has 2 heteroatoms. The molecule has 2 aromatic rings. The Bertz CT molecular complexity index is 413. The average molecular weight is 247 g/mol. The standard InChI is InChI=1S/C14H15ClSi/c15-12-16(14-9-5-2-6-10-14)11-13-7-3-1-4-8-13/h1-10,16H,11-12H2. The summed E-state index contributed by atoms with van der Waals surface area (Å²) in [4.78, 5) is 0. The van der Waals surface area contributed by atoms with Crippen molar-refractivity contribution in [3.8, 4) is 0 Å². The summed E-state index contributed by atoms with van der Waals surface area (Å²) in [5.41, 5.74) is 2.21. The number of rotatable bonds is 4. The summed E-state index contributed by atoms with van der Waals surface area (Å²) in [7, 11) is -1.03. The highest BCUT2D eigenvalue weighted by Gasteiger charge is 2.12. The molecule has 0 bridgehead atoms. The smallest absolute Gasteiger partial charge is 0.0909 e. The minimum atomic E-state index is -1.03. The average Bonchev–Trinajstić information content (AvgIpc) is 2.38. The van der Waals surface area contributed by atoms with E-state index >= 15 is 0 Å². The molecule has 0 radical (unpaired) electrons. The first-order valence-electron chi connectivity index (χ1n) is 5.55. The van der Waals surface area contributed by atoms with Crippen LogP contribution in [0.15, 0.2) is 60.7 Å². The molecule has 0 saturated carbocycles. The minimum Gasteiger partial charge on any atom is -0.130 e. The highest BCUT2D eigenvalue weighted by molar-refractivity contribution is 6.78. The molecule has 82 valence electrons. The lowest BCUT2D eigenvalue weighted by atomic mass is 10.2. The van der Waals surface area contributed by atoms with Crippen LogP contribution in [0.1, 0.15) is 5.56 Å². The largest absolute Gasteiger partial charge is 0.130 e. The third-order valence-electron chi connectivity index (χ3n) is 2.78. The third kappa shape index (κ3) is 2.97. The number of hydrogen-bond donors (Lipinski definition) is 0. The van der Waals surface area contributed by atoms with Crippen LogP contribution >= 0.6 is 11.6 Å². The van der Waals surface area contributed by atoms with Crippen LogP contribution in [0, 0.1) is 0 Å². The summed E-state index contributed by atoms with van der Waals surface area (Å²) in [6.45, 7) is 0. The SMILES string of the molecule is ClC[SiH](Cc1ccccc1)c1ccccc1. The van der Waals surface area contributed by atoms with Gasteiger partial charge in [-0.25, -0.2) is 0 Å². The maximum atomic E-state index is 6.11. The lowest BCUT2D eigenvalue weighted by Crippen LogP contribution is -2.34. The van der Waals surface area contributed by atoms with Gasteiger partial charge in [0.2, 0.25) is 0 Å². The number of benzene rings is 2. The maximum Gasteiger partial charge on any atom is 0.0909 e. The van der Waals surface area contributed by atoms with E-state index in [-0.39, 0.29) is 0 Å². The second-order valence-corrected chi connectivity index (χ2v) is 7.65. The van der Waals surface area contributed by atoms with Crippen molar-refractivity contribution in [2.45, 2.75) is 6.04 Å². The van der Waals surface area contributed by atoms with Gasteiger partial charge in [0.25, 0.3) is 0 Å². The molecule has 0 aromatic heterocycles. The Morgan fingerprint density at radius 2 is 1.38 bits per heavy atom. The van der Waals surface area contributed by atoms with E-state index in [1.54, 1.807) is 0 Å². The van der Waals surface area contributed by atoms with Gasteiger partial charge >= 0.3 is 0 Å². The minimum absolute atomic E-state index is 0.804. The van der Waals surface area contributed by atoms with Gasteiger partial charge in [0.05, 0.1) is 8.80 Å². The summed E-state index contributed by atoms with van der Waals surface area (Å²) < 4.78 is 0. The molecule has 16 heavy (non-hydrogen) atoms. The van der Waals surface area contributed by atoms with E-state index in [0.717, 1.165) is 11.5 Å². The van der Waals surface area contributed by atoms with E-state index < -0.39 is 8.80 Å². The molecule has 0 aliphatic heterocycles. The maximum absolute atomic E-state index is 6.11. The highest BCUT2D eigenvalue weighted by atomic mass is 35.5. The van der Waals surface area contributed by atoms with Gasteiger partial charge < -0.3 is 0 Å². The second kappa shape index (κ2) is 5.88. The molecule has 0 spiro atoms. The molecule has 2 rings (SSSR count). The van der Waals surface area contributed by atoms with Gasteiger partial charge in [0.1, 0.15) is 0 Å². The van der Waals surface area contributed by atoms with E-state index in [9.17, 15) is 0 Å². The van der Waals surface area contributed by atoms with Gasteiger partial charge in [0, 0.05) is 5.50 Å². The molecule has 2 aromatic carbocycles. The molecule has 1 unspecified atom stereocenters. The van der Waals surface area contributed by atoms with Crippen molar-refractivity contribution >= 4 is 25.6 Å². The van der Waals surface area contributed by atoms with Crippen LogP contribution in [0.2, 0.25) is 0 Å². The first kappa shape index (κ1) is 11.4. The van der Waals surface area contributed by atoms with E-state index in [0.29, 0.717) is 0 Å². The van der Waals surface area contributed by atoms with Gasteiger partial charge in [-0.05, 0) is 6.04 Å². The molecule has 0 saturated heterocycles. The molecule has 0 N–H and O–H groups in total. The van der Waals surface area contributed by atoms with E-state index in [2.05, 4.69) is 60.7 Å². The van der Waals surface area contributed by atoms with Crippen molar-refractivity contribution in [2.24, 2.45) is 0 Å².